The van der Waals surface area contributed by atoms with E-state index in [0.717, 1.165) is 19.4 Å². The minimum atomic E-state index is -0.183. The van der Waals surface area contributed by atoms with Crippen LogP contribution in [0.3, 0.4) is 0 Å². The molecule has 0 saturated heterocycles. The predicted molar refractivity (Wildman–Crippen MR) is 61.6 cm³/mol. The molecule has 14 heavy (non-hydrogen) atoms. The van der Waals surface area contributed by atoms with Gasteiger partial charge in [0, 0.05) is 12.6 Å². The van der Waals surface area contributed by atoms with Gasteiger partial charge in [0.15, 0.2) is 0 Å². The first kappa shape index (κ1) is 13.9. The van der Waals surface area contributed by atoms with E-state index in [1.54, 1.807) is 0 Å². The zero-order chi connectivity index (χ0) is 11.2. The fraction of sp³-hybridized carbons (Fsp3) is 1.00. The van der Waals surface area contributed by atoms with E-state index in [-0.39, 0.29) is 12.1 Å². The average Bonchev–Trinajstić information content (AvgIpc) is 2.19. The summed E-state index contributed by atoms with van der Waals surface area (Å²) in [5.41, 5.74) is -0.183. The zero-order valence-corrected chi connectivity index (χ0v) is 10.3. The summed E-state index contributed by atoms with van der Waals surface area (Å²) in [6.45, 7) is 7.52. The molecule has 0 rings (SSSR count). The summed E-state index contributed by atoms with van der Waals surface area (Å²) >= 11 is 0. The van der Waals surface area contributed by atoms with Crippen molar-refractivity contribution in [1.82, 2.24) is 10.2 Å². The molecule has 3 nitrogen and oxygen atoms in total. The maximum absolute atomic E-state index is 9.27. The van der Waals surface area contributed by atoms with Crippen molar-refractivity contribution in [2.75, 3.05) is 27.2 Å². The van der Waals surface area contributed by atoms with Gasteiger partial charge in [-0.05, 0) is 33.9 Å². The van der Waals surface area contributed by atoms with Gasteiger partial charge in [-0.15, -0.1) is 0 Å². The average molecular weight is 202 g/mol. The van der Waals surface area contributed by atoms with E-state index in [1.165, 1.54) is 0 Å². The third-order valence-corrected chi connectivity index (χ3v) is 3.12. The summed E-state index contributed by atoms with van der Waals surface area (Å²) < 4.78 is 0. The van der Waals surface area contributed by atoms with Crippen LogP contribution >= 0.6 is 0 Å². The third-order valence-electron chi connectivity index (χ3n) is 3.12. The molecule has 0 aliphatic carbocycles. The summed E-state index contributed by atoms with van der Waals surface area (Å²) in [6.07, 6.45) is 2.33. The quantitative estimate of drug-likeness (QED) is 0.648. The molecule has 0 aromatic heterocycles. The molecule has 0 fully saturated rings. The number of nitrogens with one attached hydrogen (secondary N) is 1. The Morgan fingerprint density at radius 3 is 2.14 bits per heavy atom. The molecule has 0 heterocycles. The van der Waals surface area contributed by atoms with Gasteiger partial charge in [-0.25, -0.2) is 0 Å². The van der Waals surface area contributed by atoms with Crippen molar-refractivity contribution in [2.45, 2.75) is 45.2 Å². The fourth-order valence-corrected chi connectivity index (χ4v) is 1.80. The molecule has 0 radical (unpaired) electrons. The number of hydrogen-bond donors (Lipinski definition) is 2. The highest BCUT2D eigenvalue weighted by molar-refractivity contribution is 4.85. The normalized spacial score (nSPS) is 16.3. The van der Waals surface area contributed by atoms with Gasteiger partial charge in [0.1, 0.15) is 0 Å². The van der Waals surface area contributed by atoms with Crippen molar-refractivity contribution in [1.29, 1.82) is 0 Å². The van der Waals surface area contributed by atoms with Gasteiger partial charge in [-0.3, -0.25) is 0 Å². The molecule has 0 aliphatic rings. The highest BCUT2D eigenvalue weighted by Crippen LogP contribution is 2.11. The van der Waals surface area contributed by atoms with Crippen molar-refractivity contribution < 1.29 is 5.11 Å². The van der Waals surface area contributed by atoms with Crippen molar-refractivity contribution >= 4 is 0 Å². The first-order valence-corrected chi connectivity index (χ1v) is 5.53. The van der Waals surface area contributed by atoms with Gasteiger partial charge < -0.3 is 15.3 Å². The molecular formula is C11H26N2O. The summed E-state index contributed by atoms with van der Waals surface area (Å²) in [7, 11) is 4.03. The van der Waals surface area contributed by atoms with Crippen molar-refractivity contribution in [3.63, 3.8) is 0 Å². The molecule has 0 amide bonds. The lowest BCUT2D eigenvalue weighted by Gasteiger charge is -2.35. The van der Waals surface area contributed by atoms with Gasteiger partial charge in [0.2, 0.25) is 0 Å². The Morgan fingerprint density at radius 2 is 1.86 bits per heavy atom. The van der Waals surface area contributed by atoms with Gasteiger partial charge in [-0.2, -0.15) is 0 Å². The highest BCUT2D eigenvalue weighted by atomic mass is 16.3. The molecule has 1 unspecified atom stereocenters. The van der Waals surface area contributed by atoms with E-state index in [2.05, 4.69) is 31.1 Å². The Morgan fingerprint density at radius 1 is 1.36 bits per heavy atom. The van der Waals surface area contributed by atoms with Crippen molar-refractivity contribution in [2.24, 2.45) is 0 Å². The minimum Gasteiger partial charge on any atom is -0.394 e. The molecule has 2 N–H and O–H groups in total. The Balaban J connectivity index is 4.20. The lowest BCUT2D eigenvalue weighted by Crippen LogP contribution is -2.53. The monoisotopic (exact) mass is 202 g/mol. The van der Waals surface area contributed by atoms with Crippen LogP contribution in [0.25, 0.3) is 0 Å². The second kappa shape index (κ2) is 6.38. The number of rotatable bonds is 7. The maximum atomic E-state index is 9.27. The Labute approximate surface area is 88.5 Å². The Kier molecular flexibility index (Phi) is 6.33. The molecular weight excluding hydrogens is 176 g/mol. The molecule has 1 atom stereocenters. The first-order valence-electron chi connectivity index (χ1n) is 5.53. The third kappa shape index (κ3) is 3.95. The summed E-state index contributed by atoms with van der Waals surface area (Å²) in [6, 6.07) is 0.620. The van der Waals surface area contributed by atoms with Crippen LogP contribution in [0.1, 0.15) is 33.6 Å². The van der Waals surface area contributed by atoms with Crippen molar-refractivity contribution in [3.8, 4) is 0 Å². The molecule has 0 aliphatic heterocycles. The first-order chi connectivity index (χ1) is 6.52. The molecule has 0 saturated carbocycles. The van der Waals surface area contributed by atoms with Gasteiger partial charge in [0.05, 0.1) is 12.1 Å². The molecule has 0 bridgehead atoms. The van der Waals surface area contributed by atoms with E-state index < -0.39 is 0 Å². The van der Waals surface area contributed by atoms with Gasteiger partial charge in [-0.1, -0.05) is 13.8 Å². The SMILES string of the molecule is CCC(CC)N(C)CC(C)(CO)NC. The topological polar surface area (TPSA) is 35.5 Å². The summed E-state index contributed by atoms with van der Waals surface area (Å²) in [5, 5.41) is 12.4. The van der Waals surface area contributed by atoms with Crippen LogP contribution in [0.5, 0.6) is 0 Å². The van der Waals surface area contributed by atoms with Gasteiger partial charge in [0.25, 0.3) is 0 Å². The molecule has 86 valence electrons. The molecule has 0 aromatic rings. The smallest absolute Gasteiger partial charge is 0.0623 e. The number of aliphatic hydroxyl groups is 1. The minimum absolute atomic E-state index is 0.175. The summed E-state index contributed by atoms with van der Waals surface area (Å²) in [4.78, 5) is 2.33. The second-order valence-electron chi connectivity index (χ2n) is 4.35. The number of hydrogen-bond acceptors (Lipinski definition) is 3. The summed E-state index contributed by atoms with van der Waals surface area (Å²) in [5.74, 6) is 0. The second-order valence-corrected chi connectivity index (χ2v) is 4.35. The van der Waals surface area contributed by atoms with E-state index >= 15 is 0 Å². The number of aliphatic hydroxyl groups excluding tert-OH is 1. The predicted octanol–water partition coefficient (Wildman–Crippen LogP) is 1.08. The number of nitrogens with zero attached hydrogens (tertiary/aromatic N) is 1. The lowest BCUT2D eigenvalue weighted by atomic mass is 10.0. The molecule has 3 heteroatoms. The van der Waals surface area contributed by atoms with Crippen LogP contribution in [0, 0.1) is 0 Å². The lowest BCUT2D eigenvalue weighted by molar-refractivity contribution is 0.114. The fourth-order valence-electron chi connectivity index (χ4n) is 1.80. The van der Waals surface area contributed by atoms with Crippen molar-refractivity contribution in [3.05, 3.63) is 0 Å². The van der Waals surface area contributed by atoms with Crippen LogP contribution < -0.4 is 5.32 Å². The molecule has 0 spiro atoms. The van der Waals surface area contributed by atoms with E-state index in [4.69, 9.17) is 0 Å². The van der Waals surface area contributed by atoms with Crippen LogP contribution in [-0.4, -0.2) is 48.8 Å². The zero-order valence-electron chi connectivity index (χ0n) is 10.3. The van der Waals surface area contributed by atoms with Crippen LogP contribution in [0.2, 0.25) is 0 Å². The maximum Gasteiger partial charge on any atom is 0.0623 e. The van der Waals surface area contributed by atoms with Crippen LogP contribution in [0.4, 0.5) is 0 Å². The van der Waals surface area contributed by atoms with E-state index in [1.807, 2.05) is 14.0 Å². The molecule has 0 aromatic carbocycles. The standard InChI is InChI=1S/C11H26N2O/c1-6-10(7-2)13(5)8-11(3,9-14)12-4/h10,12,14H,6-9H2,1-5H3. The van der Waals surface area contributed by atoms with E-state index in [9.17, 15) is 5.11 Å². The number of likely N-dealkylation sites (N-methyl/N-ethyl adjacent to an activating group) is 2. The Hall–Kier alpha value is -0.120. The Bertz CT molecular complexity index is 142. The highest BCUT2D eigenvalue weighted by Gasteiger charge is 2.24. The largest absolute Gasteiger partial charge is 0.394 e. The van der Waals surface area contributed by atoms with Crippen LogP contribution in [-0.2, 0) is 0 Å². The van der Waals surface area contributed by atoms with Gasteiger partial charge >= 0.3 is 0 Å². The van der Waals surface area contributed by atoms with E-state index in [0.29, 0.717) is 6.04 Å². The van der Waals surface area contributed by atoms with Crippen LogP contribution in [0.15, 0.2) is 0 Å².